The number of furan rings is 1. The Bertz CT molecular complexity index is 1460. The van der Waals surface area contributed by atoms with Crippen LogP contribution in [0.1, 0.15) is 105 Å². The number of piperidine rings is 1. The van der Waals surface area contributed by atoms with Crippen molar-refractivity contribution in [3.05, 3.63) is 70.3 Å². The summed E-state index contributed by atoms with van der Waals surface area (Å²) in [5.41, 5.74) is 5.87. The lowest BCUT2D eigenvalue weighted by molar-refractivity contribution is 0.0661. The molecule has 2 fully saturated rings. The van der Waals surface area contributed by atoms with Gasteiger partial charge in [-0.3, -0.25) is 4.79 Å². The van der Waals surface area contributed by atoms with Crippen LogP contribution in [0.3, 0.4) is 0 Å². The maximum atomic E-state index is 13.3. The van der Waals surface area contributed by atoms with Crippen LogP contribution >= 0.6 is 0 Å². The van der Waals surface area contributed by atoms with Crippen LogP contribution in [0.5, 0.6) is 0 Å². The Morgan fingerprint density at radius 2 is 1.73 bits per heavy atom. The van der Waals surface area contributed by atoms with E-state index in [9.17, 15) is 4.79 Å². The molecule has 236 valence electrons. The van der Waals surface area contributed by atoms with Gasteiger partial charge in [-0.05, 0) is 103 Å². The van der Waals surface area contributed by atoms with Crippen molar-refractivity contribution in [2.24, 2.45) is 5.92 Å². The number of aryl methyl sites for hydroxylation is 1. The number of aromatic nitrogens is 2. The van der Waals surface area contributed by atoms with Gasteiger partial charge in [-0.1, -0.05) is 39.8 Å². The van der Waals surface area contributed by atoms with Crippen molar-refractivity contribution in [2.45, 2.75) is 96.5 Å². The van der Waals surface area contributed by atoms with Crippen LogP contribution in [0.25, 0.3) is 0 Å². The molecule has 1 aliphatic carbocycles. The largest absolute Gasteiger partial charge is 0.456 e. The van der Waals surface area contributed by atoms with Gasteiger partial charge in [0.25, 0.3) is 5.91 Å². The van der Waals surface area contributed by atoms with Gasteiger partial charge in [-0.15, -0.1) is 0 Å². The molecule has 1 unspecified atom stereocenters. The molecule has 8 heteroatoms. The van der Waals surface area contributed by atoms with Crippen molar-refractivity contribution >= 4 is 17.7 Å². The fraction of sp³-hybridized carbons (Fsp3) is 0.583. The number of anilines is 2. The van der Waals surface area contributed by atoms with Crippen LogP contribution in [0.2, 0.25) is 0 Å². The predicted octanol–water partition coefficient (Wildman–Crippen LogP) is 6.87. The highest BCUT2D eigenvalue weighted by atomic mass is 16.5. The zero-order valence-electron chi connectivity index (χ0n) is 27.2. The van der Waals surface area contributed by atoms with E-state index in [0.717, 1.165) is 70.0 Å². The molecule has 4 heterocycles. The van der Waals surface area contributed by atoms with Crippen LogP contribution in [-0.2, 0) is 22.0 Å². The summed E-state index contributed by atoms with van der Waals surface area (Å²) in [4.78, 5) is 24.3. The first-order valence-corrected chi connectivity index (χ1v) is 16.5. The van der Waals surface area contributed by atoms with Gasteiger partial charge >= 0.3 is 0 Å². The van der Waals surface area contributed by atoms with Crippen LogP contribution in [0, 0.1) is 12.8 Å². The van der Waals surface area contributed by atoms with E-state index >= 15 is 0 Å². The first kappa shape index (κ1) is 30.6. The number of amides is 1. The molecular formula is C36H49N5O3. The number of ether oxygens (including phenoxy) is 1. The van der Waals surface area contributed by atoms with E-state index in [1.54, 1.807) is 6.20 Å². The molecule has 1 atom stereocenters. The Morgan fingerprint density at radius 1 is 0.977 bits per heavy atom. The molecule has 1 amide bonds. The molecule has 2 aliphatic heterocycles. The highest BCUT2D eigenvalue weighted by Gasteiger charge is 2.37. The van der Waals surface area contributed by atoms with E-state index in [4.69, 9.17) is 9.15 Å². The number of nitrogens with one attached hydrogen (secondary N) is 2. The summed E-state index contributed by atoms with van der Waals surface area (Å²) in [5.74, 6) is 3.17. The number of hydrogen-bond acceptors (Lipinski definition) is 7. The fourth-order valence-corrected chi connectivity index (χ4v) is 7.03. The standard InChI is InChI=1S/C36H49N5O3/c1-24-19-29-30(36(4,5)14-13-35(29,2)3)21-26(24)20-27-8-9-31(44-27)33(42)41-16-11-25(12-17-41)22-39-34-37-15-10-32(40-34)38-23-28-7-6-18-43-28/h8-10,15,19,21,25,28H,6-7,11-14,16-18,20,22-23H2,1-5H3,(H2,37,38,39,40). The van der Waals surface area contributed by atoms with Crippen molar-refractivity contribution in [3.8, 4) is 0 Å². The van der Waals surface area contributed by atoms with E-state index in [1.165, 1.54) is 35.1 Å². The minimum absolute atomic E-state index is 0.0129. The number of nitrogens with zero attached hydrogens (tertiary/aromatic N) is 3. The van der Waals surface area contributed by atoms with Gasteiger partial charge in [0, 0.05) is 45.4 Å². The Hall–Kier alpha value is -3.39. The van der Waals surface area contributed by atoms with E-state index in [2.05, 4.69) is 67.4 Å². The average molecular weight is 600 g/mol. The highest BCUT2D eigenvalue weighted by molar-refractivity contribution is 5.91. The lowest BCUT2D eigenvalue weighted by Gasteiger charge is -2.42. The zero-order valence-corrected chi connectivity index (χ0v) is 27.2. The van der Waals surface area contributed by atoms with Crippen LogP contribution in [-0.4, -0.2) is 59.7 Å². The summed E-state index contributed by atoms with van der Waals surface area (Å²) in [7, 11) is 0. The molecule has 3 aliphatic rings. The lowest BCUT2D eigenvalue weighted by atomic mass is 9.62. The van der Waals surface area contributed by atoms with Gasteiger partial charge in [0.1, 0.15) is 11.6 Å². The SMILES string of the molecule is Cc1cc2c(cc1Cc1ccc(C(=O)N3CCC(CNc4nccc(NCC5CCCO5)n4)CC3)o1)C(C)(C)CCC2(C)C. The number of hydrogen-bond donors (Lipinski definition) is 2. The van der Waals surface area contributed by atoms with Crippen LogP contribution in [0.4, 0.5) is 11.8 Å². The van der Waals surface area contributed by atoms with Crippen molar-refractivity contribution < 1.29 is 13.9 Å². The molecule has 44 heavy (non-hydrogen) atoms. The Labute approximate surface area is 262 Å². The summed E-state index contributed by atoms with van der Waals surface area (Å²) in [6, 6.07) is 10.5. The Kier molecular flexibility index (Phi) is 8.73. The third-order valence-corrected chi connectivity index (χ3v) is 10.2. The number of carbonyl (C=O) groups excluding carboxylic acids is 1. The second-order valence-corrected chi connectivity index (χ2v) is 14.4. The van der Waals surface area contributed by atoms with Gasteiger partial charge < -0.3 is 24.7 Å². The highest BCUT2D eigenvalue weighted by Crippen LogP contribution is 2.46. The fourth-order valence-electron chi connectivity index (χ4n) is 7.03. The Balaban J connectivity index is 1.00. The lowest BCUT2D eigenvalue weighted by Crippen LogP contribution is -2.39. The maximum Gasteiger partial charge on any atom is 0.289 e. The van der Waals surface area contributed by atoms with E-state index in [1.807, 2.05) is 23.1 Å². The van der Waals surface area contributed by atoms with Crippen molar-refractivity contribution in [1.82, 2.24) is 14.9 Å². The van der Waals surface area contributed by atoms with Gasteiger partial charge in [0.05, 0.1) is 6.10 Å². The predicted molar refractivity (Wildman–Crippen MR) is 175 cm³/mol. The number of benzene rings is 1. The second-order valence-electron chi connectivity index (χ2n) is 14.4. The minimum Gasteiger partial charge on any atom is -0.456 e. The summed E-state index contributed by atoms with van der Waals surface area (Å²) in [6.07, 6.45) is 9.23. The van der Waals surface area contributed by atoms with Gasteiger partial charge in [0.2, 0.25) is 5.95 Å². The van der Waals surface area contributed by atoms with Crippen LogP contribution in [0.15, 0.2) is 40.9 Å². The van der Waals surface area contributed by atoms with Gasteiger partial charge in [-0.25, -0.2) is 4.98 Å². The van der Waals surface area contributed by atoms with E-state index < -0.39 is 0 Å². The monoisotopic (exact) mass is 599 g/mol. The summed E-state index contributed by atoms with van der Waals surface area (Å²) in [5, 5.41) is 6.77. The van der Waals surface area contributed by atoms with E-state index in [0.29, 0.717) is 24.0 Å². The first-order chi connectivity index (χ1) is 21.1. The summed E-state index contributed by atoms with van der Waals surface area (Å²) < 4.78 is 11.8. The molecule has 2 saturated heterocycles. The summed E-state index contributed by atoms with van der Waals surface area (Å²) >= 11 is 0. The minimum atomic E-state index is -0.0129. The summed E-state index contributed by atoms with van der Waals surface area (Å²) in [6.45, 7) is 15.5. The number of rotatable bonds is 9. The second kappa shape index (κ2) is 12.5. The molecule has 6 rings (SSSR count). The number of carbonyl (C=O) groups is 1. The quantitative estimate of drug-likeness (QED) is 0.277. The molecule has 2 N–H and O–H groups in total. The third kappa shape index (κ3) is 6.80. The van der Waals surface area contributed by atoms with Crippen LogP contribution < -0.4 is 10.6 Å². The topological polar surface area (TPSA) is 92.5 Å². The van der Waals surface area contributed by atoms with Gasteiger partial charge in [-0.2, -0.15) is 4.98 Å². The Morgan fingerprint density at radius 3 is 2.45 bits per heavy atom. The van der Waals surface area contributed by atoms with Crippen molar-refractivity contribution in [1.29, 1.82) is 0 Å². The van der Waals surface area contributed by atoms with Crippen molar-refractivity contribution in [3.63, 3.8) is 0 Å². The molecule has 0 radical (unpaired) electrons. The third-order valence-electron chi connectivity index (χ3n) is 10.2. The molecule has 1 aromatic carbocycles. The first-order valence-electron chi connectivity index (χ1n) is 16.5. The van der Waals surface area contributed by atoms with E-state index in [-0.39, 0.29) is 22.8 Å². The van der Waals surface area contributed by atoms with Gasteiger partial charge in [0.15, 0.2) is 5.76 Å². The molecule has 0 bridgehead atoms. The molecular weight excluding hydrogens is 550 g/mol. The zero-order chi connectivity index (χ0) is 30.9. The maximum absolute atomic E-state index is 13.3. The average Bonchev–Trinajstić information content (AvgIpc) is 3.71. The molecule has 3 aromatic rings. The molecule has 8 nitrogen and oxygen atoms in total. The molecule has 2 aromatic heterocycles. The van der Waals surface area contributed by atoms with Crippen molar-refractivity contribution in [2.75, 3.05) is 43.4 Å². The molecule has 0 saturated carbocycles. The molecule has 0 spiro atoms. The normalized spacial score (nSPS) is 21.2. The smallest absolute Gasteiger partial charge is 0.289 e. The number of fused-ring (bicyclic) bond motifs is 1. The number of likely N-dealkylation sites (tertiary alicyclic amines) is 1.